The summed E-state index contributed by atoms with van der Waals surface area (Å²) < 4.78 is 71.5. The molecule has 0 bridgehead atoms. The first kappa shape index (κ1) is 51.3. The number of fused-ring (bicyclic) bond motifs is 2. The number of nitrogens with zero attached hydrogens (tertiary/aromatic N) is 4. The zero-order chi connectivity index (χ0) is 49.4. The Morgan fingerprint density at radius 2 is 1.51 bits per heavy atom. The molecule has 1 saturated heterocycles. The number of phenols is 1. The van der Waals surface area contributed by atoms with Gasteiger partial charge < -0.3 is 45.5 Å². The van der Waals surface area contributed by atoms with Crippen molar-refractivity contribution in [1.82, 2.24) is 30.2 Å². The number of likely N-dealkylation sites (tertiary alicyclic amines) is 1. The van der Waals surface area contributed by atoms with Gasteiger partial charge in [-0.2, -0.15) is 26.3 Å². The van der Waals surface area contributed by atoms with E-state index in [4.69, 9.17) is 24.5 Å². The summed E-state index contributed by atoms with van der Waals surface area (Å²) in [5.74, 6) is -6.11. The van der Waals surface area contributed by atoms with E-state index >= 15 is 0 Å². The average molecular weight is 963 g/mol. The molecule has 8 rings (SSSR count). The van der Waals surface area contributed by atoms with Crippen LogP contribution >= 0.6 is 0 Å². The molecule has 2 saturated carbocycles. The van der Waals surface area contributed by atoms with Gasteiger partial charge in [0.25, 0.3) is 0 Å². The molecular formula is C46H52F6N6O10. The van der Waals surface area contributed by atoms with Crippen molar-refractivity contribution in [3.63, 3.8) is 0 Å². The quantitative estimate of drug-likeness (QED) is 0.0505. The molecular weight excluding hydrogens is 911 g/mol. The van der Waals surface area contributed by atoms with Crippen LogP contribution < -0.4 is 10.9 Å². The maximum absolute atomic E-state index is 13.5. The van der Waals surface area contributed by atoms with E-state index in [0.29, 0.717) is 28.6 Å². The number of aliphatic carboxylic acids is 2. The number of ether oxygens (including phenoxy) is 1. The summed E-state index contributed by atoms with van der Waals surface area (Å²) in [7, 11) is 0. The molecule has 2 aromatic heterocycles. The van der Waals surface area contributed by atoms with Crippen LogP contribution in [0.3, 0.4) is 0 Å². The number of carboxylic acids is 2. The van der Waals surface area contributed by atoms with Gasteiger partial charge in [-0.1, -0.05) is 60.5 Å². The summed E-state index contributed by atoms with van der Waals surface area (Å²) in [5, 5.41) is 59.8. The van der Waals surface area contributed by atoms with Crippen LogP contribution in [0.5, 0.6) is 5.75 Å². The molecule has 68 heavy (non-hydrogen) atoms. The predicted octanol–water partition coefficient (Wildman–Crippen LogP) is 6.32. The van der Waals surface area contributed by atoms with Crippen molar-refractivity contribution in [1.29, 1.82) is 0 Å². The van der Waals surface area contributed by atoms with Crippen molar-refractivity contribution in [2.75, 3.05) is 26.2 Å². The van der Waals surface area contributed by atoms with E-state index in [2.05, 4.69) is 25.5 Å². The van der Waals surface area contributed by atoms with Gasteiger partial charge in [0.1, 0.15) is 17.4 Å². The minimum absolute atomic E-state index is 0.0355. The third-order valence-corrected chi connectivity index (χ3v) is 12.8. The summed E-state index contributed by atoms with van der Waals surface area (Å²) in [4.78, 5) is 48.2. The number of carbonyl (C=O) groups excluding carboxylic acids is 1. The average Bonchev–Trinajstić information content (AvgIpc) is 3.98. The van der Waals surface area contributed by atoms with Crippen LogP contribution in [0.25, 0.3) is 21.9 Å². The second kappa shape index (κ2) is 21.5. The van der Waals surface area contributed by atoms with Gasteiger partial charge in [0.05, 0.1) is 17.1 Å². The molecule has 7 N–H and O–H groups in total. The molecule has 0 radical (unpaired) electrons. The number of rotatable bonds is 13. The number of hydrogen-bond acceptors (Lipinski definition) is 12. The number of carbonyl (C=O) groups is 3. The summed E-state index contributed by atoms with van der Waals surface area (Å²) in [5.41, 5.74) is 2.78. The lowest BCUT2D eigenvalue weighted by Gasteiger charge is -2.52. The van der Waals surface area contributed by atoms with E-state index in [0.717, 1.165) is 101 Å². The number of esters is 1. The highest BCUT2D eigenvalue weighted by atomic mass is 19.4. The van der Waals surface area contributed by atoms with Crippen LogP contribution in [-0.4, -0.2) is 113 Å². The van der Waals surface area contributed by atoms with Crippen molar-refractivity contribution < 1.29 is 71.0 Å². The van der Waals surface area contributed by atoms with Gasteiger partial charge in [0, 0.05) is 37.0 Å². The molecule has 2 atom stereocenters. The number of carboxylic acid groups (broad SMARTS) is 2. The number of phenolic OH excluding ortho intramolecular Hbond substituents is 1. The molecule has 1 spiro atoms. The number of benzene rings is 3. The third kappa shape index (κ3) is 12.5. The molecule has 2 aliphatic carbocycles. The first-order valence-corrected chi connectivity index (χ1v) is 22.0. The van der Waals surface area contributed by atoms with Crippen LogP contribution in [0, 0.1) is 11.3 Å². The largest absolute Gasteiger partial charge is 0.506 e. The lowest BCUT2D eigenvalue weighted by atomic mass is 9.61. The lowest BCUT2D eigenvalue weighted by molar-refractivity contribution is -0.193. The number of alkyl halides is 6. The number of aromatic amines is 1. The monoisotopic (exact) mass is 962 g/mol. The lowest BCUT2D eigenvalue weighted by Crippen LogP contribution is -2.52. The molecule has 16 nitrogen and oxygen atoms in total. The van der Waals surface area contributed by atoms with Crippen molar-refractivity contribution in [3.05, 3.63) is 99.8 Å². The number of aromatic hydroxyl groups is 1. The van der Waals surface area contributed by atoms with Gasteiger partial charge in [-0.25, -0.2) is 19.1 Å². The Hall–Kier alpha value is -6.10. The number of piperidine rings is 1. The summed E-state index contributed by atoms with van der Waals surface area (Å²) in [6.45, 7) is 4.64. The maximum Gasteiger partial charge on any atom is 0.490 e. The number of aliphatic hydroxyl groups is 2. The number of aromatic nitrogens is 4. The van der Waals surface area contributed by atoms with E-state index in [1.54, 1.807) is 12.1 Å². The normalized spacial score (nSPS) is 17.9. The van der Waals surface area contributed by atoms with Gasteiger partial charge in [0.15, 0.2) is 5.60 Å². The van der Waals surface area contributed by atoms with Crippen LogP contribution in [0.2, 0.25) is 0 Å². The zero-order valence-corrected chi connectivity index (χ0v) is 36.6. The van der Waals surface area contributed by atoms with Gasteiger partial charge in [-0.05, 0) is 111 Å². The zero-order valence-electron chi connectivity index (χ0n) is 36.6. The number of halogens is 6. The smallest absolute Gasteiger partial charge is 0.490 e. The minimum Gasteiger partial charge on any atom is -0.506 e. The first-order valence-electron chi connectivity index (χ1n) is 22.0. The van der Waals surface area contributed by atoms with Gasteiger partial charge in [0.2, 0.25) is 5.56 Å². The number of pyridine rings is 1. The second-order valence-corrected chi connectivity index (χ2v) is 17.4. The summed E-state index contributed by atoms with van der Waals surface area (Å²) >= 11 is 0. The first-order chi connectivity index (χ1) is 32.1. The molecule has 1 unspecified atom stereocenters. The fourth-order valence-corrected chi connectivity index (χ4v) is 9.20. The van der Waals surface area contributed by atoms with Crippen LogP contribution in [0.1, 0.15) is 80.6 Å². The number of aliphatic hydroxyl groups excluding tert-OH is 1. The highest BCUT2D eigenvalue weighted by Crippen LogP contribution is 2.51. The highest BCUT2D eigenvalue weighted by molar-refractivity contribution is 5.87. The maximum atomic E-state index is 13.5. The Labute approximate surface area is 384 Å². The van der Waals surface area contributed by atoms with Crippen molar-refractivity contribution >= 4 is 39.8 Å². The molecule has 5 aromatic rings. The summed E-state index contributed by atoms with van der Waals surface area (Å²) in [6.07, 6.45) is -2.44. The van der Waals surface area contributed by atoms with E-state index in [1.165, 1.54) is 12.1 Å². The van der Waals surface area contributed by atoms with Crippen molar-refractivity contribution in [3.8, 4) is 5.75 Å². The summed E-state index contributed by atoms with van der Waals surface area (Å²) in [6, 6.07) is 21.6. The Morgan fingerprint density at radius 3 is 2.13 bits per heavy atom. The Balaban J connectivity index is 0.000000475. The van der Waals surface area contributed by atoms with Crippen molar-refractivity contribution in [2.24, 2.45) is 11.3 Å². The Morgan fingerprint density at radius 1 is 0.882 bits per heavy atom. The Bertz CT molecular complexity index is 2560. The minimum atomic E-state index is -5.08. The Kier molecular flexibility index (Phi) is 16.2. The molecule has 3 aliphatic rings. The highest BCUT2D eigenvalue weighted by Gasteiger charge is 2.52. The molecule has 3 fully saturated rings. The van der Waals surface area contributed by atoms with Gasteiger partial charge >= 0.3 is 30.3 Å². The topological polar surface area (TPSA) is 240 Å². The molecule has 22 heteroatoms. The van der Waals surface area contributed by atoms with E-state index in [1.807, 2.05) is 53.2 Å². The van der Waals surface area contributed by atoms with Gasteiger partial charge in [-0.3, -0.25) is 4.79 Å². The van der Waals surface area contributed by atoms with E-state index < -0.39 is 42.0 Å². The van der Waals surface area contributed by atoms with E-state index in [9.17, 15) is 51.3 Å². The number of H-pyrrole nitrogens is 1. The van der Waals surface area contributed by atoms with Crippen molar-refractivity contribution in [2.45, 2.75) is 101 Å². The number of nitrogens with one attached hydrogen (secondary N) is 2. The fourth-order valence-electron chi connectivity index (χ4n) is 9.20. The molecule has 3 aromatic carbocycles. The third-order valence-electron chi connectivity index (χ3n) is 12.8. The van der Waals surface area contributed by atoms with Gasteiger partial charge in [-0.15, -0.1) is 5.10 Å². The van der Waals surface area contributed by atoms with E-state index in [-0.39, 0.29) is 35.3 Å². The number of aryl methyl sites for hydroxylation is 1. The predicted molar refractivity (Wildman–Crippen MR) is 232 cm³/mol. The van der Waals surface area contributed by atoms with Crippen LogP contribution in [-0.2, 0) is 37.8 Å². The molecule has 0 amide bonds. The molecule has 3 heterocycles. The molecule has 1 aliphatic heterocycles. The number of hydrogen-bond donors (Lipinski definition) is 7. The van der Waals surface area contributed by atoms with Crippen LogP contribution in [0.4, 0.5) is 26.3 Å². The fraction of sp³-hybridized carbons (Fsp3) is 0.478. The SMILES string of the molecule is O=C(O)C(F)(F)F.O=C(O)C(F)(F)F.O=C(OC1CC2(CCN(CCCn3nnc4cc(CNC[C@H](O)c5ccc(O)c6[nH]c(=O)ccc56)ccc43)CC2)C1)C(O)(c1ccccc1)C1CCCC1. The van der Waals surface area contributed by atoms with Crippen LogP contribution in [0.15, 0.2) is 77.6 Å². The second-order valence-electron chi connectivity index (χ2n) is 17.4. The molecule has 368 valence electrons. The standard InChI is InChI=1S/C42H50N6O6.2C2HF3O2/c49-36-15-12-32(33-13-16-38(51)44-39(33)36)37(50)27-43-26-28-11-14-35-34(23-28)45-46-48(35)20-6-19-47-21-17-41(18-22-47)24-31(25-41)54-40(52)42(53,30-9-4-5-10-30)29-7-2-1-3-8-29;2*3-2(4,5)1(6)7/h1-3,7-8,11-16,23,30-31,37,43,49-50,53H,4-6,9-10,17-22,24-27H2,(H,44,51);2*(H,6,7)/t37-,42?;;/m0../s1.